The number of nitro benzene ring substituents is 1. The second-order valence-electron chi connectivity index (χ2n) is 4.42. The van der Waals surface area contributed by atoms with Crippen LogP contribution in [0.25, 0.3) is 11.0 Å². The number of hydrogen-bond acceptors (Lipinski definition) is 7. The van der Waals surface area contributed by atoms with E-state index in [2.05, 4.69) is 30.2 Å². The fraction of sp³-hybridized carbons (Fsp3) is 0.250. The van der Waals surface area contributed by atoms with Gasteiger partial charge in [0.15, 0.2) is 5.52 Å². The van der Waals surface area contributed by atoms with Gasteiger partial charge < -0.3 is 10.3 Å². The van der Waals surface area contributed by atoms with Gasteiger partial charge in [-0.2, -0.15) is 0 Å². The predicted molar refractivity (Wildman–Crippen MR) is 73.9 cm³/mol. The van der Waals surface area contributed by atoms with Crippen LogP contribution in [0, 0.1) is 10.1 Å². The van der Waals surface area contributed by atoms with Crippen molar-refractivity contribution in [2.45, 2.75) is 12.8 Å². The number of hydrogen-bond donors (Lipinski definition) is 2. The first-order chi connectivity index (χ1) is 10.3. The summed E-state index contributed by atoms with van der Waals surface area (Å²) in [7, 11) is 0. The molecule has 0 spiro atoms. The lowest BCUT2D eigenvalue weighted by Gasteiger charge is -2.05. The highest BCUT2D eigenvalue weighted by molar-refractivity contribution is 5.93. The Hall–Kier alpha value is -2.97. The van der Waals surface area contributed by atoms with Crippen LogP contribution in [0.15, 0.2) is 29.2 Å². The number of aromatic nitrogens is 4. The Kier molecular flexibility index (Phi) is 3.46. The van der Waals surface area contributed by atoms with E-state index in [0.717, 1.165) is 18.7 Å². The zero-order valence-corrected chi connectivity index (χ0v) is 10.9. The number of nitrogens with one attached hydrogen (secondary N) is 2. The molecule has 2 aromatic heterocycles. The van der Waals surface area contributed by atoms with E-state index in [9.17, 15) is 10.1 Å². The van der Waals surface area contributed by atoms with Crippen LogP contribution in [-0.4, -0.2) is 31.7 Å². The number of aryl methyl sites for hydroxylation is 1. The highest BCUT2D eigenvalue weighted by Gasteiger charge is 2.19. The second kappa shape index (κ2) is 5.57. The van der Waals surface area contributed by atoms with Crippen molar-refractivity contribution in [3.05, 3.63) is 40.5 Å². The maximum Gasteiger partial charge on any atom is 0.300 e. The summed E-state index contributed by atoms with van der Waals surface area (Å²) in [4.78, 5) is 17.5. The third-order valence-electron chi connectivity index (χ3n) is 3.05. The Labute approximate surface area is 118 Å². The number of benzene rings is 1. The minimum Gasteiger partial charge on any atom is -0.383 e. The molecule has 3 rings (SSSR count). The summed E-state index contributed by atoms with van der Waals surface area (Å²) in [6.07, 6.45) is 5.16. The van der Waals surface area contributed by atoms with Crippen molar-refractivity contribution in [3.8, 4) is 0 Å². The molecule has 0 aliphatic heterocycles. The van der Waals surface area contributed by atoms with Gasteiger partial charge in [-0.1, -0.05) is 0 Å². The summed E-state index contributed by atoms with van der Waals surface area (Å²) >= 11 is 0. The molecule has 0 atom stereocenters. The monoisotopic (exact) mass is 288 g/mol. The minimum absolute atomic E-state index is 0.118. The number of nitrogens with zero attached hydrogens (tertiary/aromatic N) is 4. The largest absolute Gasteiger partial charge is 0.383 e. The molecule has 0 unspecified atom stereocenters. The number of nitro groups is 1. The first kappa shape index (κ1) is 13.0. The van der Waals surface area contributed by atoms with Crippen LogP contribution in [0.5, 0.6) is 0 Å². The smallest absolute Gasteiger partial charge is 0.300 e. The first-order valence-electron chi connectivity index (χ1n) is 6.37. The van der Waals surface area contributed by atoms with Crippen molar-refractivity contribution in [1.82, 2.24) is 20.3 Å². The molecule has 0 aliphatic carbocycles. The van der Waals surface area contributed by atoms with E-state index in [-0.39, 0.29) is 11.2 Å². The van der Waals surface area contributed by atoms with E-state index in [1.54, 1.807) is 18.5 Å². The highest BCUT2D eigenvalue weighted by Crippen LogP contribution is 2.28. The van der Waals surface area contributed by atoms with Crippen LogP contribution in [0.3, 0.4) is 0 Å². The van der Waals surface area contributed by atoms with E-state index in [0.29, 0.717) is 17.7 Å². The standard InChI is InChI=1S/C12H12N6O3/c19-18(20)9-4-3-8(11-12(9)17-21-16-11)13-5-1-2-10-14-6-7-15-10/h3-4,6-7,13H,1-2,5H2,(H,14,15). The van der Waals surface area contributed by atoms with Crippen LogP contribution in [0.4, 0.5) is 11.4 Å². The molecule has 9 nitrogen and oxygen atoms in total. The van der Waals surface area contributed by atoms with Gasteiger partial charge in [-0.3, -0.25) is 10.1 Å². The summed E-state index contributed by atoms with van der Waals surface area (Å²) in [5, 5.41) is 21.4. The number of aromatic amines is 1. The van der Waals surface area contributed by atoms with Crippen LogP contribution in [0.1, 0.15) is 12.2 Å². The molecule has 0 amide bonds. The summed E-state index contributed by atoms with van der Waals surface area (Å²) in [6.45, 7) is 0.681. The zero-order chi connectivity index (χ0) is 14.7. The van der Waals surface area contributed by atoms with Gasteiger partial charge in [0, 0.05) is 31.4 Å². The Morgan fingerprint density at radius 1 is 1.33 bits per heavy atom. The number of non-ortho nitro benzene ring substituents is 1. The molecule has 0 fully saturated rings. The summed E-state index contributed by atoms with van der Waals surface area (Å²) in [6, 6.07) is 3.00. The Bertz CT molecular complexity index is 752. The molecule has 21 heavy (non-hydrogen) atoms. The first-order valence-corrected chi connectivity index (χ1v) is 6.37. The fourth-order valence-electron chi connectivity index (χ4n) is 2.06. The lowest BCUT2D eigenvalue weighted by Crippen LogP contribution is -2.04. The third-order valence-corrected chi connectivity index (χ3v) is 3.05. The molecule has 2 heterocycles. The van der Waals surface area contributed by atoms with Crippen molar-refractivity contribution in [3.63, 3.8) is 0 Å². The van der Waals surface area contributed by atoms with Gasteiger partial charge in [-0.15, -0.1) is 0 Å². The topological polar surface area (TPSA) is 123 Å². The van der Waals surface area contributed by atoms with Crippen molar-refractivity contribution < 1.29 is 9.55 Å². The van der Waals surface area contributed by atoms with Gasteiger partial charge in [-0.05, 0) is 22.8 Å². The molecular formula is C12H12N6O3. The minimum atomic E-state index is -0.507. The average Bonchev–Trinajstić information content (AvgIpc) is 3.14. The molecule has 0 radical (unpaired) electrons. The summed E-state index contributed by atoms with van der Waals surface area (Å²) in [5.74, 6) is 0.925. The van der Waals surface area contributed by atoms with E-state index >= 15 is 0 Å². The molecule has 0 saturated heterocycles. The van der Waals surface area contributed by atoms with Crippen molar-refractivity contribution in [2.24, 2.45) is 0 Å². The molecule has 3 aromatic rings. The maximum absolute atomic E-state index is 10.9. The molecule has 0 saturated carbocycles. The zero-order valence-electron chi connectivity index (χ0n) is 10.9. The van der Waals surface area contributed by atoms with E-state index in [1.165, 1.54) is 6.07 Å². The van der Waals surface area contributed by atoms with E-state index < -0.39 is 4.92 Å². The quantitative estimate of drug-likeness (QED) is 0.403. The van der Waals surface area contributed by atoms with Gasteiger partial charge in [0.05, 0.1) is 10.6 Å². The fourth-order valence-corrected chi connectivity index (χ4v) is 2.06. The second-order valence-corrected chi connectivity index (χ2v) is 4.42. The summed E-state index contributed by atoms with van der Waals surface area (Å²) in [5.41, 5.74) is 1.06. The predicted octanol–water partition coefficient (Wildman–Crippen LogP) is 1.90. The molecule has 0 aliphatic rings. The van der Waals surface area contributed by atoms with Gasteiger partial charge >= 0.3 is 5.69 Å². The lowest BCUT2D eigenvalue weighted by molar-refractivity contribution is -0.383. The molecule has 108 valence electrons. The molecule has 2 N–H and O–H groups in total. The average molecular weight is 288 g/mol. The highest BCUT2D eigenvalue weighted by atomic mass is 16.6. The van der Waals surface area contributed by atoms with E-state index in [1.807, 2.05) is 0 Å². The van der Waals surface area contributed by atoms with Crippen molar-refractivity contribution in [1.29, 1.82) is 0 Å². The number of rotatable bonds is 6. The molecule has 9 heteroatoms. The molecule has 0 bridgehead atoms. The Morgan fingerprint density at radius 3 is 2.95 bits per heavy atom. The van der Waals surface area contributed by atoms with E-state index in [4.69, 9.17) is 0 Å². The molecular weight excluding hydrogens is 276 g/mol. The lowest BCUT2D eigenvalue weighted by atomic mass is 10.2. The van der Waals surface area contributed by atoms with Gasteiger partial charge in [0.25, 0.3) is 0 Å². The van der Waals surface area contributed by atoms with Crippen LogP contribution >= 0.6 is 0 Å². The van der Waals surface area contributed by atoms with Gasteiger partial charge in [0.1, 0.15) is 5.82 Å². The third kappa shape index (κ3) is 2.66. The number of imidazole rings is 1. The normalized spacial score (nSPS) is 10.9. The van der Waals surface area contributed by atoms with Gasteiger partial charge in [0.2, 0.25) is 5.52 Å². The van der Waals surface area contributed by atoms with Crippen LogP contribution in [0.2, 0.25) is 0 Å². The van der Waals surface area contributed by atoms with Crippen molar-refractivity contribution in [2.75, 3.05) is 11.9 Å². The Morgan fingerprint density at radius 2 is 2.19 bits per heavy atom. The number of fused-ring (bicyclic) bond motifs is 1. The SMILES string of the molecule is O=[N+]([O-])c1ccc(NCCCc2ncc[nH]2)c2nonc12. The molecule has 1 aromatic carbocycles. The maximum atomic E-state index is 10.9. The van der Waals surface area contributed by atoms with Gasteiger partial charge in [-0.25, -0.2) is 9.61 Å². The number of anilines is 1. The Balaban J connectivity index is 1.68. The summed E-state index contributed by atoms with van der Waals surface area (Å²) < 4.78 is 4.60. The number of H-pyrrole nitrogens is 1. The van der Waals surface area contributed by atoms with Crippen LogP contribution < -0.4 is 5.32 Å². The van der Waals surface area contributed by atoms with Crippen molar-refractivity contribution >= 4 is 22.4 Å². The van der Waals surface area contributed by atoms with Crippen LogP contribution in [-0.2, 0) is 6.42 Å².